The van der Waals surface area contributed by atoms with E-state index in [-0.39, 0.29) is 0 Å². The second kappa shape index (κ2) is 4.40. The van der Waals surface area contributed by atoms with Crippen LogP contribution in [-0.4, -0.2) is 7.11 Å². The Balaban J connectivity index is 3.68. The molecule has 1 aromatic carbocycles. The first kappa shape index (κ1) is 14.2. The molecule has 0 aromatic heterocycles. The Morgan fingerprint density at radius 1 is 1.00 bits per heavy atom. The van der Waals surface area contributed by atoms with E-state index >= 15 is 0 Å². The van der Waals surface area contributed by atoms with Gasteiger partial charge in [-0.2, -0.15) is 31.6 Å². The first-order valence-electron chi connectivity index (χ1n) is 4.37. The van der Waals surface area contributed by atoms with Crippen LogP contribution in [0, 0.1) is 11.3 Å². The third kappa shape index (κ3) is 2.67. The summed E-state index contributed by atoms with van der Waals surface area (Å²) < 4.78 is 79.7. The van der Waals surface area contributed by atoms with Crippen LogP contribution in [0.25, 0.3) is 0 Å². The van der Waals surface area contributed by atoms with E-state index in [9.17, 15) is 26.3 Å². The number of hydrogen-bond acceptors (Lipinski definition) is 2. The Morgan fingerprint density at radius 2 is 1.39 bits per heavy atom. The Bertz CT molecular complexity index is 462. The molecule has 0 aliphatic heterocycles. The lowest BCUT2D eigenvalue weighted by molar-refractivity contribution is -0.143. The van der Waals surface area contributed by atoms with Crippen LogP contribution in [-0.2, 0) is 12.4 Å². The minimum atomic E-state index is -5.07. The van der Waals surface area contributed by atoms with Crippen molar-refractivity contribution in [2.24, 2.45) is 0 Å². The molecular formula is C10H5F6NO. The number of ether oxygens (including phenoxy) is 1. The molecule has 8 heteroatoms. The van der Waals surface area contributed by atoms with Gasteiger partial charge in [0.1, 0.15) is 11.8 Å². The number of nitriles is 1. The maximum absolute atomic E-state index is 12.5. The third-order valence-corrected chi connectivity index (χ3v) is 2.07. The van der Waals surface area contributed by atoms with Gasteiger partial charge in [0.25, 0.3) is 0 Å². The van der Waals surface area contributed by atoms with Crippen molar-refractivity contribution in [2.75, 3.05) is 7.11 Å². The normalized spacial score (nSPS) is 12.1. The minimum Gasteiger partial charge on any atom is -0.497 e. The van der Waals surface area contributed by atoms with E-state index in [2.05, 4.69) is 4.74 Å². The second-order valence-electron chi connectivity index (χ2n) is 3.20. The topological polar surface area (TPSA) is 33.0 Å². The summed E-state index contributed by atoms with van der Waals surface area (Å²) in [5, 5.41) is 8.50. The van der Waals surface area contributed by atoms with Crippen molar-refractivity contribution in [3.63, 3.8) is 0 Å². The van der Waals surface area contributed by atoms with Gasteiger partial charge in [0.2, 0.25) is 0 Å². The van der Waals surface area contributed by atoms with E-state index < -0.39 is 34.8 Å². The predicted molar refractivity (Wildman–Crippen MR) is 47.7 cm³/mol. The fraction of sp³-hybridized carbons (Fsp3) is 0.300. The second-order valence-corrected chi connectivity index (χ2v) is 3.20. The van der Waals surface area contributed by atoms with E-state index in [4.69, 9.17) is 5.26 Å². The van der Waals surface area contributed by atoms with Gasteiger partial charge >= 0.3 is 12.4 Å². The lowest BCUT2D eigenvalue weighted by Gasteiger charge is -2.16. The standard InChI is InChI=1S/C10H5F6NO/c1-18-5-2-7(9(11,12)13)6(4-17)8(3-5)10(14,15)16/h2-3H,1H3. The fourth-order valence-electron chi connectivity index (χ4n) is 1.30. The zero-order valence-corrected chi connectivity index (χ0v) is 8.78. The zero-order chi connectivity index (χ0) is 14.1. The van der Waals surface area contributed by atoms with Gasteiger partial charge in [0, 0.05) is 0 Å². The smallest absolute Gasteiger partial charge is 0.417 e. The molecule has 0 radical (unpaired) electrons. The first-order valence-corrected chi connectivity index (χ1v) is 4.37. The quantitative estimate of drug-likeness (QED) is 0.730. The van der Waals surface area contributed by atoms with Gasteiger partial charge in [-0.05, 0) is 12.1 Å². The van der Waals surface area contributed by atoms with Gasteiger partial charge in [-0.15, -0.1) is 0 Å². The van der Waals surface area contributed by atoms with Gasteiger partial charge in [-0.3, -0.25) is 0 Å². The van der Waals surface area contributed by atoms with E-state index in [0.29, 0.717) is 12.1 Å². The summed E-state index contributed by atoms with van der Waals surface area (Å²) in [5.74, 6) is -0.617. The van der Waals surface area contributed by atoms with Crippen LogP contribution in [0.3, 0.4) is 0 Å². The van der Waals surface area contributed by atoms with Crippen LogP contribution < -0.4 is 4.74 Å². The molecule has 1 aromatic rings. The number of rotatable bonds is 1. The van der Waals surface area contributed by atoms with Crippen molar-refractivity contribution in [3.8, 4) is 11.8 Å². The number of halogens is 6. The van der Waals surface area contributed by atoms with Crippen molar-refractivity contribution in [3.05, 3.63) is 28.8 Å². The van der Waals surface area contributed by atoms with Crippen LogP contribution in [0.4, 0.5) is 26.3 Å². The molecule has 0 saturated heterocycles. The average Bonchev–Trinajstić information content (AvgIpc) is 2.24. The summed E-state index contributed by atoms with van der Waals surface area (Å²) in [7, 11) is 0.932. The van der Waals surface area contributed by atoms with E-state index in [1.807, 2.05) is 0 Å². The zero-order valence-electron chi connectivity index (χ0n) is 8.78. The number of benzene rings is 1. The largest absolute Gasteiger partial charge is 0.497 e. The molecule has 0 amide bonds. The molecule has 98 valence electrons. The van der Waals surface area contributed by atoms with Crippen LogP contribution in [0.1, 0.15) is 16.7 Å². The monoisotopic (exact) mass is 269 g/mol. The first-order chi connectivity index (χ1) is 8.11. The summed E-state index contributed by atoms with van der Waals surface area (Å²) >= 11 is 0. The van der Waals surface area contributed by atoms with Crippen molar-refractivity contribution >= 4 is 0 Å². The molecule has 0 unspecified atom stereocenters. The lowest BCUT2D eigenvalue weighted by atomic mass is 10.0. The highest BCUT2D eigenvalue weighted by atomic mass is 19.4. The van der Waals surface area contributed by atoms with Crippen LogP contribution in [0.2, 0.25) is 0 Å². The van der Waals surface area contributed by atoms with E-state index in [0.717, 1.165) is 13.2 Å². The Labute approximate surface area is 97.4 Å². The molecule has 1 rings (SSSR count). The average molecular weight is 269 g/mol. The molecule has 0 saturated carbocycles. The highest BCUT2D eigenvalue weighted by Crippen LogP contribution is 2.41. The Hall–Kier alpha value is -1.91. The molecule has 0 N–H and O–H groups in total. The number of nitrogens with zero attached hydrogens (tertiary/aromatic N) is 1. The Morgan fingerprint density at radius 3 is 1.61 bits per heavy atom. The molecule has 18 heavy (non-hydrogen) atoms. The number of hydrogen-bond donors (Lipinski definition) is 0. The maximum Gasteiger partial charge on any atom is 0.417 e. The molecular weight excluding hydrogens is 264 g/mol. The molecule has 0 atom stereocenters. The molecule has 0 fully saturated rings. The fourth-order valence-corrected chi connectivity index (χ4v) is 1.30. The maximum atomic E-state index is 12.5. The number of methoxy groups -OCH3 is 1. The number of alkyl halides is 6. The van der Waals surface area contributed by atoms with Crippen molar-refractivity contribution in [1.29, 1.82) is 5.26 Å². The summed E-state index contributed by atoms with van der Waals surface area (Å²) in [6, 6.07) is 1.64. The van der Waals surface area contributed by atoms with Gasteiger partial charge in [-0.1, -0.05) is 0 Å². The molecule has 2 nitrogen and oxygen atoms in total. The molecule has 0 spiro atoms. The summed E-state index contributed by atoms with van der Waals surface area (Å²) in [6.45, 7) is 0. The van der Waals surface area contributed by atoms with Crippen molar-refractivity contribution in [1.82, 2.24) is 0 Å². The van der Waals surface area contributed by atoms with Crippen molar-refractivity contribution in [2.45, 2.75) is 12.4 Å². The van der Waals surface area contributed by atoms with Crippen LogP contribution in [0.15, 0.2) is 12.1 Å². The summed E-state index contributed by atoms with van der Waals surface area (Å²) in [6.07, 6.45) is -10.1. The van der Waals surface area contributed by atoms with Gasteiger partial charge in [-0.25, -0.2) is 0 Å². The molecule has 0 bridgehead atoms. The molecule has 0 heterocycles. The highest BCUT2D eigenvalue weighted by molar-refractivity contribution is 5.51. The van der Waals surface area contributed by atoms with E-state index in [1.165, 1.54) is 0 Å². The van der Waals surface area contributed by atoms with Crippen LogP contribution in [0.5, 0.6) is 5.75 Å². The highest BCUT2D eigenvalue weighted by Gasteiger charge is 2.41. The Kier molecular flexibility index (Phi) is 3.46. The van der Waals surface area contributed by atoms with Gasteiger partial charge < -0.3 is 4.74 Å². The summed E-state index contributed by atoms with van der Waals surface area (Å²) in [5.41, 5.74) is -4.80. The SMILES string of the molecule is COc1cc(C(F)(F)F)c(C#N)c(C(F)(F)F)c1. The molecule has 0 aliphatic rings. The summed E-state index contributed by atoms with van der Waals surface area (Å²) in [4.78, 5) is 0. The van der Waals surface area contributed by atoms with Crippen LogP contribution >= 0.6 is 0 Å². The van der Waals surface area contributed by atoms with Crippen molar-refractivity contribution < 1.29 is 31.1 Å². The van der Waals surface area contributed by atoms with Gasteiger partial charge in [0.05, 0.1) is 23.8 Å². The molecule has 0 aliphatic carbocycles. The third-order valence-electron chi connectivity index (χ3n) is 2.07. The lowest BCUT2D eigenvalue weighted by Crippen LogP contribution is -2.15. The predicted octanol–water partition coefficient (Wildman–Crippen LogP) is 3.60. The minimum absolute atomic E-state index is 0.355. The van der Waals surface area contributed by atoms with Gasteiger partial charge in [0.15, 0.2) is 0 Å². The van der Waals surface area contributed by atoms with E-state index in [1.54, 1.807) is 0 Å².